The Hall–Kier alpha value is -3.15. The zero-order chi connectivity index (χ0) is 19.2. The van der Waals surface area contributed by atoms with Crippen molar-refractivity contribution in [1.82, 2.24) is 9.97 Å². The molecule has 2 N–H and O–H groups in total. The van der Waals surface area contributed by atoms with Crippen molar-refractivity contribution in [3.8, 4) is 0 Å². The van der Waals surface area contributed by atoms with Crippen LogP contribution >= 0.6 is 0 Å². The number of nitrogens with zero attached hydrogens (tertiary/aromatic N) is 3. The number of halogens is 1. The fourth-order valence-electron chi connectivity index (χ4n) is 3.39. The number of rotatable bonds is 7. The lowest BCUT2D eigenvalue weighted by Crippen LogP contribution is -2.17. The van der Waals surface area contributed by atoms with Crippen LogP contribution in [0.15, 0.2) is 60.9 Å². The molecule has 1 aliphatic heterocycles. The summed E-state index contributed by atoms with van der Waals surface area (Å²) in [6.07, 6.45) is 4.89. The van der Waals surface area contributed by atoms with Crippen molar-refractivity contribution in [3.05, 3.63) is 72.3 Å². The van der Waals surface area contributed by atoms with E-state index in [1.165, 1.54) is 30.7 Å². The zero-order valence-electron chi connectivity index (χ0n) is 15.7. The largest absolute Gasteiger partial charge is 0.372 e. The van der Waals surface area contributed by atoms with Crippen molar-refractivity contribution in [2.45, 2.75) is 19.3 Å². The summed E-state index contributed by atoms with van der Waals surface area (Å²) < 4.78 is 13.0. The maximum Gasteiger partial charge on any atom is 0.135 e. The number of anilines is 4. The molecule has 0 saturated carbocycles. The van der Waals surface area contributed by atoms with E-state index in [1.807, 2.05) is 6.07 Å². The van der Waals surface area contributed by atoms with E-state index in [2.05, 4.69) is 49.8 Å². The highest BCUT2D eigenvalue weighted by atomic mass is 19.1. The van der Waals surface area contributed by atoms with Crippen LogP contribution < -0.4 is 15.5 Å². The van der Waals surface area contributed by atoms with Gasteiger partial charge in [-0.05, 0) is 61.2 Å². The van der Waals surface area contributed by atoms with Crippen molar-refractivity contribution in [1.29, 1.82) is 0 Å². The average Bonchev–Trinajstić information content (AvgIpc) is 3.25. The first-order chi connectivity index (χ1) is 13.8. The summed E-state index contributed by atoms with van der Waals surface area (Å²) in [5.74, 6) is 1.29. The maximum absolute atomic E-state index is 13.0. The Labute approximate surface area is 164 Å². The van der Waals surface area contributed by atoms with Gasteiger partial charge < -0.3 is 15.5 Å². The van der Waals surface area contributed by atoms with Crippen LogP contribution in [-0.2, 0) is 6.42 Å². The molecule has 0 aliphatic carbocycles. The van der Waals surface area contributed by atoms with Crippen LogP contribution in [0.5, 0.6) is 0 Å². The van der Waals surface area contributed by atoms with Crippen LogP contribution in [0.4, 0.5) is 27.4 Å². The number of hydrogen-bond acceptors (Lipinski definition) is 5. The highest BCUT2D eigenvalue weighted by molar-refractivity contribution is 5.62. The first-order valence-electron chi connectivity index (χ1n) is 9.69. The molecule has 0 amide bonds. The Bertz CT molecular complexity index is 890. The topological polar surface area (TPSA) is 53.1 Å². The molecule has 0 bridgehead atoms. The van der Waals surface area contributed by atoms with Crippen LogP contribution in [0.25, 0.3) is 0 Å². The fraction of sp³-hybridized carbons (Fsp3) is 0.273. The van der Waals surface area contributed by atoms with Gasteiger partial charge in [0.1, 0.15) is 23.8 Å². The summed E-state index contributed by atoms with van der Waals surface area (Å²) >= 11 is 0. The molecule has 144 valence electrons. The minimum absolute atomic E-state index is 0.211. The molecule has 1 fully saturated rings. The molecule has 6 heteroatoms. The minimum atomic E-state index is -0.211. The van der Waals surface area contributed by atoms with Crippen molar-refractivity contribution < 1.29 is 4.39 Å². The summed E-state index contributed by atoms with van der Waals surface area (Å²) in [4.78, 5) is 11.0. The highest BCUT2D eigenvalue weighted by Gasteiger charge is 2.11. The van der Waals surface area contributed by atoms with Crippen molar-refractivity contribution in [2.24, 2.45) is 0 Å². The fourth-order valence-corrected chi connectivity index (χ4v) is 3.39. The van der Waals surface area contributed by atoms with Crippen LogP contribution in [-0.4, -0.2) is 29.6 Å². The zero-order valence-corrected chi connectivity index (χ0v) is 15.7. The Morgan fingerprint density at radius 2 is 1.61 bits per heavy atom. The quantitative estimate of drug-likeness (QED) is 0.630. The average molecular weight is 377 g/mol. The van der Waals surface area contributed by atoms with E-state index in [4.69, 9.17) is 0 Å². The van der Waals surface area contributed by atoms with Gasteiger partial charge in [0, 0.05) is 37.1 Å². The number of hydrogen-bond donors (Lipinski definition) is 2. The van der Waals surface area contributed by atoms with E-state index >= 15 is 0 Å². The van der Waals surface area contributed by atoms with Crippen LogP contribution in [0.3, 0.4) is 0 Å². The lowest BCUT2D eigenvalue weighted by Gasteiger charge is -2.18. The molecule has 4 rings (SSSR count). The van der Waals surface area contributed by atoms with Crippen molar-refractivity contribution in [3.63, 3.8) is 0 Å². The summed E-state index contributed by atoms with van der Waals surface area (Å²) in [6, 6.07) is 16.9. The smallest absolute Gasteiger partial charge is 0.135 e. The third kappa shape index (κ3) is 4.76. The third-order valence-corrected chi connectivity index (χ3v) is 4.91. The predicted molar refractivity (Wildman–Crippen MR) is 112 cm³/mol. The second-order valence-electron chi connectivity index (χ2n) is 6.96. The van der Waals surface area contributed by atoms with Crippen molar-refractivity contribution >= 4 is 23.0 Å². The predicted octanol–water partition coefficient (Wildman–Crippen LogP) is 4.61. The van der Waals surface area contributed by atoms with Gasteiger partial charge in [0.05, 0.1) is 0 Å². The van der Waals surface area contributed by atoms with Crippen molar-refractivity contribution in [2.75, 3.05) is 35.2 Å². The molecule has 5 nitrogen and oxygen atoms in total. The van der Waals surface area contributed by atoms with Gasteiger partial charge >= 0.3 is 0 Å². The number of benzene rings is 2. The van der Waals surface area contributed by atoms with E-state index in [0.717, 1.165) is 42.4 Å². The highest BCUT2D eigenvalue weighted by Crippen LogP contribution is 2.23. The molecule has 1 aliphatic rings. The molecule has 3 aromatic rings. The summed E-state index contributed by atoms with van der Waals surface area (Å²) in [6.45, 7) is 3.00. The molecule has 0 atom stereocenters. The Morgan fingerprint density at radius 3 is 2.36 bits per heavy atom. The Morgan fingerprint density at radius 1 is 0.893 bits per heavy atom. The Kier molecular flexibility index (Phi) is 5.66. The molecule has 1 saturated heterocycles. The van der Waals surface area contributed by atoms with Gasteiger partial charge in [0.2, 0.25) is 0 Å². The summed E-state index contributed by atoms with van der Waals surface area (Å²) in [7, 11) is 0. The first-order valence-corrected chi connectivity index (χ1v) is 9.69. The third-order valence-electron chi connectivity index (χ3n) is 4.91. The molecule has 0 unspecified atom stereocenters. The lowest BCUT2D eigenvalue weighted by molar-refractivity contribution is 0.627. The number of aromatic nitrogens is 2. The van der Waals surface area contributed by atoms with Gasteiger partial charge in [0.15, 0.2) is 0 Å². The van der Waals surface area contributed by atoms with E-state index in [0.29, 0.717) is 6.54 Å². The van der Waals surface area contributed by atoms with E-state index in [-0.39, 0.29) is 5.82 Å². The second-order valence-corrected chi connectivity index (χ2v) is 6.96. The monoisotopic (exact) mass is 377 g/mol. The summed E-state index contributed by atoms with van der Waals surface area (Å²) in [5.41, 5.74) is 3.35. The van der Waals surface area contributed by atoms with Gasteiger partial charge in [-0.25, -0.2) is 14.4 Å². The standard InChI is InChI=1S/C22H24FN5/c23-18-5-3-17(4-6-18)11-12-24-21-15-22(26-16-25-21)27-19-7-9-20(10-8-19)28-13-1-2-14-28/h3-10,15-16H,1-2,11-14H2,(H2,24,25,26,27). The molecule has 2 aromatic carbocycles. The lowest BCUT2D eigenvalue weighted by atomic mass is 10.1. The minimum Gasteiger partial charge on any atom is -0.372 e. The van der Waals surface area contributed by atoms with E-state index in [1.54, 1.807) is 18.5 Å². The molecule has 28 heavy (non-hydrogen) atoms. The molecular formula is C22H24FN5. The normalized spacial score (nSPS) is 13.5. The molecule has 1 aromatic heterocycles. The van der Waals surface area contributed by atoms with E-state index < -0.39 is 0 Å². The van der Waals surface area contributed by atoms with Gasteiger partial charge in [-0.1, -0.05) is 12.1 Å². The molecule has 0 radical (unpaired) electrons. The maximum atomic E-state index is 13.0. The van der Waals surface area contributed by atoms with Gasteiger partial charge in [0.25, 0.3) is 0 Å². The van der Waals surface area contributed by atoms with Crippen LogP contribution in [0, 0.1) is 5.82 Å². The van der Waals surface area contributed by atoms with Crippen LogP contribution in [0.1, 0.15) is 18.4 Å². The molecular weight excluding hydrogens is 353 g/mol. The molecule has 2 heterocycles. The number of nitrogens with one attached hydrogen (secondary N) is 2. The molecule has 0 spiro atoms. The second kappa shape index (κ2) is 8.69. The van der Waals surface area contributed by atoms with Gasteiger partial charge in [-0.2, -0.15) is 0 Å². The van der Waals surface area contributed by atoms with E-state index in [9.17, 15) is 4.39 Å². The summed E-state index contributed by atoms with van der Waals surface area (Å²) in [5, 5.41) is 6.61. The van der Waals surface area contributed by atoms with Crippen LogP contribution in [0.2, 0.25) is 0 Å². The first kappa shape index (κ1) is 18.2. The van der Waals surface area contributed by atoms with Gasteiger partial charge in [-0.3, -0.25) is 0 Å². The SMILES string of the molecule is Fc1ccc(CCNc2cc(Nc3ccc(N4CCCC4)cc3)ncn2)cc1. The Balaban J connectivity index is 1.32. The van der Waals surface area contributed by atoms with Gasteiger partial charge in [-0.15, -0.1) is 0 Å².